The van der Waals surface area contributed by atoms with Gasteiger partial charge in [0.05, 0.1) is 28.6 Å². The molecule has 19 heavy (non-hydrogen) atoms. The Morgan fingerprint density at radius 3 is 2.63 bits per heavy atom. The Morgan fingerprint density at radius 1 is 1.42 bits per heavy atom. The first-order chi connectivity index (χ1) is 9.18. The molecule has 2 aliphatic heterocycles. The Balaban J connectivity index is 2.00. The number of nitrogens with zero attached hydrogens (tertiary/aromatic N) is 3. The highest BCUT2D eigenvalue weighted by Crippen LogP contribution is 2.43. The molecule has 1 saturated heterocycles. The van der Waals surface area contributed by atoms with Crippen LogP contribution in [-0.4, -0.2) is 28.4 Å². The fraction of sp³-hybridized carbons (Fsp3) is 0.357. The highest BCUT2D eigenvalue weighted by Gasteiger charge is 2.47. The summed E-state index contributed by atoms with van der Waals surface area (Å²) in [5.74, 6) is 0. The van der Waals surface area contributed by atoms with Crippen molar-refractivity contribution in [3.63, 3.8) is 0 Å². The standard InChI is InChI=1S/C14H12ClN3O/c15-11-3-10(6-17-7-11)14(8-16)4-12-1-2-13(5-14)18(12)9-19/h1-3,6-7,9,12-13H,4-5H2. The molecule has 1 aromatic heterocycles. The van der Waals surface area contributed by atoms with Gasteiger partial charge in [-0.1, -0.05) is 23.8 Å². The number of amides is 1. The minimum Gasteiger partial charge on any atom is -0.332 e. The number of carbonyl (C=O) groups is 1. The number of aromatic nitrogens is 1. The lowest BCUT2D eigenvalue weighted by Crippen LogP contribution is -2.49. The SMILES string of the molecule is N#CC1(c2cncc(Cl)c2)CC2C=CC(C1)N2C=O. The second kappa shape index (κ2) is 4.36. The van der Waals surface area contributed by atoms with E-state index in [0.29, 0.717) is 17.9 Å². The summed E-state index contributed by atoms with van der Waals surface area (Å²) in [6, 6.07) is 4.22. The van der Waals surface area contributed by atoms with Crippen molar-refractivity contribution in [3.8, 4) is 6.07 Å². The monoisotopic (exact) mass is 273 g/mol. The van der Waals surface area contributed by atoms with Crippen molar-refractivity contribution in [2.45, 2.75) is 30.3 Å². The zero-order valence-electron chi connectivity index (χ0n) is 10.2. The van der Waals surface area contributed by atoms with Crippen LogP contribution in [0.1, 0.15) is 18.4 Å². The molecule has 0 saturated carbocycles. The fourth-order valence-corrected chi connectivity index (χ4v) is 3.24. The van der Waals surface area contributed by atoms with Crippen molar-refractivity contribution in [2.24, 2.45) is 0 Å². The van der Waals surface area contributed by atoms with Crippen LogP contribution in [0.4, 0.5) is 0 Å². The molecule has 3 rings (SSSR count). The highest BCUT2D eigenvalue weighted by molar-refractivity contribution is 6.30. The fourth-order valence-electron chi connectivity index (χ4n) is 3.07. The third-order valence-electron chi connectivity index (χ3n) is 4.03. The zero-order valence-corrected chi connectivity index (χ0v) is 10.9. The lowest BCUT2D eigenvalue weighted by molar-refractivity contribution is -0.122. The van der Waals surface area contributed by atoms with Crippen LogP contribution in [0.25, 0.3) is 0 Å². The van der Waals surface area contributed by atoms with Crippen LogP contribution >= 0.6 is 11.6 Å². The number of fused-ring (bicyclic) bond motifs is 2. The lowest BCUT2D eigenvalue weighted by Gasteiger charge is -2.41. The summed E-state index contributed by atoms with van der Waals surface area (Å²) >= 11 is 5.97. The minimum atomic E-state index is -0.615. The molecule has 1 fully saturated rings. The number of carbonyl (C=O) groups excluding carboxylic acids is 1. The van der Waals surface area contributed by atoms with E-state index in [2.05, 4.69) is 11.1 Å². The third kappa shape index (κ3) is 1.82. The van der Waals surface area contributed by atoms with Crippen LogP contribution in [-0.2, 0) is 10.2 Å². The Bertz CT molecular complexity index is 577. The van der Waals surface area contributed by atoms with E-state index in [1.54, 1.807) is 23.4 Å². The first kappa shape index (κ1) is 12.2. The van der Waals surface area contributed by atoms with Gasteiger partial charge in [0.25, 0.3) is 0 Å². The molecule has 2 unspecified atom stereocenters. The molecule has 5 heteroatoms. The molecule has 0 aromatic carbocycles. The second-order valence-electron chi connectivity index (χ2n) is 5.07. The number of hydrogen-bond donors (Lipinski definition) is 0. The van der Waals surface area contributed by atoms with Gasteiger partial charge in [-0.3, -0.25) is 9.78 Å². The van der Waals surface area contributed by atoms with Gasteiger partial charge < -0.3 is 4.90 Å². The van der Waals surface area contributed by atoms with Crippen molar-refractivity contribution in [1.82, 2.24) is 9.88 Å². The Labute approximate surface area is 116 Å². The Hall–Kier alpha value is -1.86. The van der Waals surface area contributed by atoms with Gasteiger partial charge in [-0.15, -0.1) is 0 Å². The topological polar surface area (TPSA) is 57.0 Å². The van der Waals surface area contributed by atoms with Crippen molar-refractivity contribution in [1.29, 1.82) is 5.26 Å². The number of pyridine rings is 1. The van der Waals surface area contributed by atoms with E-state index in [-0.39, 0.29) is 12.1 Å². The van der Waals surface area contributed by atoms with Crippen molar-refractivity contribution in [3.05, 3.63) is 41.2 Å². The molecule has 96 valence electrons. The number of halogens is 1. The van der Waals surface area contributed by atoms with Crippen molar-refractivity contribution in [2.75, 3.05) is 0 Å². The van der Waals surface area contributed by atoms with Crippen LogP contribution < -0.4 is 0 Å². The Kier molecular flexibility index (Phi) is 2.79. The quantitative estimate of drug-likeness (QED) is 0.612. The van der Waals surface area contributed by atoms with Gasteiger partial charge in [-0.25, -0.2) is 0 Å². The summed E-state index contributed by atoms with van der Waals surface area (Å²) in [5.41, 5.74) is 0.225. The minimum absolute atomic E-state index is 0.00474. The van der Waals surface area contributed by atoms with Crippen LogP contribution in [0.5, 0.6) is 0 Å². The Morgan fingerprint density at radius 2 is 2.11 bits per heavy atom. The first-order valence-corrected chi connectivity index (χ1v) is 6.50. The number of nitriles is 1. The molecule has 1 amide bonds. The van der Waals surface area contributed by atoms with Gasteiger partial charge in [0.2, 0.25) is 6.41 Å². The molecule has 0 radical (unpaired) electrons. The van der Waals surface area contributed by atoms with Gasteiger partial charge in [-0.2, -0.15) is 5.26 Å². The maximum atomic E-state index is 11.1. The number of hydrogen-bond acceptors (Lipinski definition) is 3. The molecule has 0 spiro atoms. The summed E-state index contributed by atoms with van der Waals surface area (Å²) in [7, 11) is 0. The van der Waals surface area contributed by atoms with Gasteiger partial charge in [-0.05, 0) is 24.5 Å². The van der Waals surface area contributed by atoms with Crippen LogP contribution in [0, 0.1) is 11.3 Å². The maximum Gasteiger partial charge on any atom is 0.210 e. The summed E-state index contributed by atoms with van der Waals surface area (Å²) < 4.78 is 0. The molecule has 2 bridgehead atoms. The number of piperidine rings is 1. The summed E-state index contributed by atoms with van der Waals surface area (Å²) in [6.45, 7) is 0. The average Bonchev–Trinajstić information content (AvgIpc) is 2.68. The smallest absolute Gasteiger partial charge is 0.210 e. The second-order valence-corrected chi connectivity index (χ2v) is 5.50. The van der Waals surface area contributed by atoms with Gasteiger partial charge in [0, 0.05) is 12.4 Å². The summed E-state index contributed by atoms with van der Waals surface area (Å²) in [6.07, 6.45) is 9.34. The van der Waals surface area contributed by atoms with Crippen molar-refractivity contribution < 1.29 is 4.79 Å². The normalized spacial score (nSPS) is 32.1. The van der Waals surface area contributed by atoms with E-state index in [1.165, 1.54) is 0 Å². The maximum absolute atomic E-state index is 11.1. The molecule has 3 heterocycles. The van der Waals surface area contributed by atoms with E-state index in [0.717, 1.165) is 12.0 Å². The van der Waals surface area contributed by atoms with Crippen LogP contribution in [0.3, 0.4) is 0 Å². The van der Waals surface area contributed by atoms with E-state index in [4.69, 9.17) is 11.6 Å². The van der Waals surface area contributed by atoms with E-state index >= 15 is 0 Å². The van der Waals surface area contributed by atoms with E-state index in [9.17, 15) is 10.1 Å². The van der Waals surface area contributed by atoms with Gasteiger partial charge in [0.1, 0.15) is 0 Å². The third-order valence-corrected chi connectivity index (χ3v) is 4.24. The molecule has 2 atom stereocenters. The molecular weight excluding hydrogens is 262 g/mol. The molecular formula is C14H12ClN3O. The number of rotatable bonds is 2. The summed E-state index contributed by atoms with van der Waals surface area (Å²) in [4.78, 5) is 16.9. The van der Waals surface area contributed by atoms with Crippen LogP contribution in [0.15, 0.2) is 30.6 Å². The van der Waals surface area contributed by atoms with E-state index in [1.807, 2.05) is 12.2 Å². The molecule has 2 aliphatic rings. The van der Waals surface area contributed by atoms with Gasteiger partial charge >= 0.3 is 0 Å². The summed E-state index contributed by atoms with van der Waals surface area (Å²) in [5, 5.41) is 10.2. The van der Waals surface area contributed by atoms with Crippen molar-refractivity contribution >= 4 is 18.0 Å². The molecule has 1 aromatic rings. The zero-order chi connectivity index (χ0) is 13.5. The molecule has 0 N–H and O–H groups in total. The van der Waals surface area contributed by atoms with Gasteiger partial charge in [0.15, 0.2) is 0 Å². The lowest BCUT2D eigenvalue weighted by atomic mass is 9.71. The van der Waals surface area contributed by atoms with E-state index < -0.39 is 5.41 Å². The van der Waals surface area contributed by atoms with Crippen LogP contribution in [0.2, 0.25) is 5.02 Å². The largest absolute Gasteiger partial charge is 0.332 e. The predicted octanol–water partition coefficient (Wildman–Crippen LogP) is 2.06. The molecule has 0 aliphatic carbocycles. The first-order valence-electron chi connectivity index (χ1n) is 6.12. The predicted molar refractivity (Wildman–Crippen MR) is 70.4 cm³/mol. The highest BCUT2D eigenvalue weighted by atomic mass is 35.5. The average molecular weight is 274 g/mol. The molecule has 4 nitrogen and oxygen atoms in total.